The molecule has 7 heteroatoms. The Morgan fingerprint density at radius 1 is 1.24 bits per heavy atom. The van der Waals surface area contributed by atoms with Crippen molar-refractivity contribution in [2.75, 3.05) is 0 Å². The molecule has 0 fully saturated rings. The largest absolute Gasteiger partial charge is 0.313 e. The maximum Gasteiger partial charge on any atom is 0.166 e. The fourth-order valence-electron chi connectivity index (χ4n) is 1.41. The number of rotatable bonds is 2. The van der Waals surface area contributed by atoms with E-state index in [1.165, 1.54) is 4.57 Å². The molecule has 0 N–H and O–H groups in total. The van der Waals surface area contributed by atoms with Gasteiger partial charge in [-0.05, 0) is 12.1 Å². The lowest BCUT2D eigenvalue weighted by molar-refractivity contribution is 0.601. The molecule has 0 bridgehead atoms. The van der Waals surface area contributed by atoms with E-state index in [0.717, 1.165) is 12.1 Å². The van der Waals surface area contributed by atoms with Gasteiger partial charge in [-0.15, -0.1) is 21.8 Å². The van der Waals surface area contributed by atoms with Crippen molar-refractivity contribution in [2.45, 2.75) is 5.88 Å². The van der Waals surface area contributed by atoms with Gasteiger partial charge in [-0.1, -0.05) is 11.6 Å². The number of nitrogens with zero attached hydrogens (tertiary/aromatic N) is 3. The van der Waals surface area contributed by atoms with Gasteiger partial charge in [0.1, 0.15) is 17.5 Å². The van der Waals surface area contributed by atoms with Gasteiger partial charge < -0.3 is 4.57 Å². The van der Waals surface area contributed by atoms with Crippen molar-refractivity contribution >= 4 is 23.2 Å². The Bertz CT molecular complexity index is 569. The molecule has 90 valence electrons. The van der Waals surface area contributed by atoms with E-state index in [-0.39, 0.29) is 22.3 Å². The summed E-state index contributed by atoms with van der Waals surface area (Å²) >= 11 is 11.1. The van der Waals surface area contributed by atoms with Crippen molar-refractivity contribution < 1.29 is 8.78 Å². The molecule has 3 nitrogen and oxygen atoms in total. The molecule has 0 saturated carbocycles. The van der Waals surface area contributed by atoms with Crippen LogP contribution >= 0.6 is 23.2 Å². The van der Waals surface area contributed by atoms with Gasteiger partial charge in [-0.2, -0.15) is 0 Å². The number of alkyl halides is 1. The fourth-order valence-corrected chi connectivity index (χ4v) is 1.79. The zero-order chi connectivity index (χ0) is 12.6. The predicted molar refractivity (Wildman–Crippen MR) is 60.9 cm³/mol. The first-order valence-electron chi connectivity index (χ1n) is 4.63. The van der Waals surface area contributed by atoms with Crippen LogP contribution in [0, 0.1) is 11.6 Å². The Morgan fingerprint density at radius 2 is 1.94 bits per heavy atom. The zero-order valence-electron chi connectivity index (χ0n) is 8.72. The Kier molecular flexibility index (Phi) is 3.31. The second kappa shape index (κ2) is 4.58. The highest BCUT2D eigenvalue weighted by Crippen LogP contribution is 2.26. The fraction of sp³-hybridized carbons (Fsp3) is 0.200. The second-order valence-corrected chi connectivity index (χ2v) is 4.05. The quantitative estimate of drug-likeness (QED) is 0.624. The third kappa shape index (κ3) is 2.12. The monoisotopic (exact) mass is 277 g/mol. The molecule has 0 unspecified atom stereocenters. The lowest BCUT2D eigenvalue weighted by atomic mass is 10.2. The zero-order valence-corrected chi connectivity index (χ0v) is 10.2. The normalized spacial score (nSPS) is 10.9. The molecule has 2 rings (SSSR count). The van der Waals surface area contributed by atoms with E-state index < -0.39 is 11.6 Å². The lowest BCUT2D eigenvalue weighted by Crippen LogP contribution is -1.99. The third-order valence-electron chi connectivity index (χ3n) is 2.34. The van der Waals surface area contributed by atoms with Gasteiger partial charge in [0, 0.05) is 7.05 Å². The molecule has 0 aliphatic heterocycles. The Hall–Kier alpha value is -1.20. The predicted octanol–water partition coefficient (Wildman–Crippen LogP) is 3.15. The van der Waals surface area contributed by atoms with Crippen LogP contribution in [0.3, 0.4) is 0 Å². The minimum Gasteiger partial charge on any atom is -0.313 e. The van der Waals surface area contributed by atoms with Crippen LogP contribution in [0.1, 0.15) is 5.82 Å². The first kappa shape index (κ1) is 12.3. The molecule has 1 aromatic heterocycles. The van der Waals surface area contributed by atoms with E-state index in [0.29, 0.717) is 5.82 Å². The molecular formula is C10H7Cl2F2N3. The van der Waals surface area contributed by atoms with Gasteiger partial charge in [-0.3, -0.25) is 0 Å². The average molecular weight is 278 g/mol. The van der Waals surface area contributed by atoms with Crippen molar-refractivity contribution in [1.82, 2.24) is 14.8 Å². The van der Waals surface area contributed by atoms with Gasteiger partial charge in [0.25, 0.3) is 0 Å². The second-order valence-electron chi connectivity index (χ2n) is 3.38. The van der Waals surface area contributed by atoms with Crippen molar-refractivity contribution in [3.05, 3.63) is 34.6 Å². The number of hydrogen-bond donors (Lipinski definition) is 0. The van der Waals surface area contributed by atoms with E-state index in [4.69, 9.17) is 23.2 Å². The minimum absolute atomic E-state index is 0.00160. The Balaban J connectivity index is 2.60. The molecule has 0 amide bonds. The topological polar surface area (TPSA) is 30.7 Å². The van der Waals surface area contributed by atoms with Gasteiger partial charge in [0.05, 0.1) is 16.5 Å². The molecule has 1 heterocycles. The summed E-state index contributed by atoms with van der Waals surface area (Å²) in [7, 11) is 1.62. The maximum absolute atomic E-state index is 13.6. The van der Waals surface area contributed by atoms with Crippen LogP contribution < -0.4 is 0 Å². The Labute approximate surface area is 106 Å². The number of halogens is 4. The number of aromatic nitrogens is 3. The molecule has 17 heavy (non-hydrogen) atoms. The van der Waals surface area contributed by atoms with E-state index in [1.54, 1.807) is 7.05 Å². The van der Waals surface area contributed by atoms with Gasteiger partial charge in [0.2, 0.25) is 0 Å². The summed E-state index contributed by atoms with van der Waals surface area (Å²) in [6.07, 6.45) is 0. The summed E-state index contributed by atoms with van der Waals surface area (Å²) in [4.78, 5) is 0. The number of benzene rings is 1. The molecule has 0 spiro atoms. The third-order valence-corrected chi connectivity index (χ3v) is 2.86. The van der Waals surface area contributed by atoms with Crippen molar-refractivity contribution in [3.63, 3.8) is 0 Å². The Morgan fingerprint density at radius 3 is 2.53 bits per heavy atom. The molecule has 0 saturated heterocycles. The van der Waals surface area contributed by atoms with Crippen molar-refractivity contribution in [3.8, 4) is 11.4 Å². The van der Waals surface area contributed by atoms with E-state index in [2.05, 4.69) is 10.2 Å². The highest BCUT2D eigenvalue weighted by molar-refractivity contribution is 6.30. The minimum atomic E-state index is -0.710. The lowest BCUT2D eigenvalue weighted by Gasteiger charge is -2.04. The summed E-state index contributed by atoms with van der Waals surface area (Å²) in [5, 5.41) is 7.26. The van der Waals surface area contributed by atoms with Gasteiger partial charge in [0.15, 0.2) is 5.82 Å². The van der Waals surface area contributed by atoms with Crippen molar-refractivity contribution in [2.24, 2.45) is 7.05 Å². The molecule has 0 aliphatic carbocycles. The first-order valence-corrected chi connectivity index (χ1v) is 5.55. The molecule has 0 radical (unpaired) electrons. The summed E-state index contributed by atoms with van der Waals surface area (Å²) < 4.78 is 28.4. The maximum atomic E-state index is 13.6. The average Bonchev–Trinajstić information content (AvgIpc) is 2.65. The SMILES string of the molecule is Cn1c(CCl)nnc1-c1cc(F)c(Cl)cc1F. The summed E-state index contributed by atoms with van der Waals surface area (Å²) in [5.74, 6) is -0.557. The molecule has 0 aliphatic rings. The van der Waals surface area contributed by atoms with Crippen LogP contribution in [0.2, 0.25) is 5.02 Å². The standard InChI is InChI=1S/C10H7Cl2F2N3/c1-17-9(4-11)15-16-10(17)5-2-8(14)6(12)3-7(5)13/h2-3H,4H2,1H3. The molecule has 0 atom stereocenters. The van der Waals surface area contributed by atoms with Gasteiger partial charge in [-0.25, -0.2) is 8.78 Å². The molecule has 1 aromatic carbocycles. The summed E-state index contributed by atoms with van der Waals surface area (Å²) in [6, 6.07) is 1.89. The van der Waals surface area contributed by atoms with Crippen LogP contribution in [-0.2, 0) is 12.9 Å². The number of hydrogen-bond acceptors (Lipinski definition) is 2. The van der Waals surface area contributed by atoms with Crippen molar-refractivity contribution in [1.29, 1.82) is 0 Å². The van der Waals surface area contributed by atoms with Crippen LogP contribution in [0.15, 0.2) is 12.1 Å². The van der Waals surface area contributed by atoms with Crippen LogP contribution in [0.5, 0.6) is 0 Å². The summed E-state index contributed by atoms with van der Waals surface area (Å²) in [5.41, 5.74) is -0.00160. The highest BCUT2D eigenvalue weighted by Gasteiger charge is 2.16. The molecule has 2 aromatic rings. The van der Waals surface area contributed by atoms with E-state index in [1.807, 2.05) is 0 Å². The highest BCUT2D eigenvalue weighted by atomic mass is 35.5. The van der Waals surface area contributed by atoms with Crippen LogP contribution in [0.4, 0.5) is 8.78 Å². The molecular weight excluding hydrogens is 271 g/mol. The van der Waals surface area contributed by atoms with Crippen LogP contribution in [0.25, 0.3) is 11.4 Å². The van der Waals surface area contributed by atoms with Crippen LogP contribution in [-0.4, -0.2) is 14.8 Å². The first-order chi connectivity index (χ1) is 8.04. The summed E-state index contributed by atoms with van der Waals surface area (Å²) in [6.45, 7) is 0. The van der Waals surface area contributed by atoms with E-state index in [9.17, 15) is 8.78 Å². The van der Waals surface area contributed by atoms with Gasteiger partial charge >= 0.3 is 0 Å². The van der Waals surface area contributed by atoms with E-state index >= 15 is 0 Å². The smallest absolute Gasteiger partial charge is 0.166 e.